The van der Waals surface area contributed by atoms with Crippen molar-refractivity contribution in [3.63, 3.8) is 0 Å². The molecular weight excluding hydrogens is 459 g/mol. The molecule has 172 valence electrons. The van der Waals surface area contributed by atoms with Crippen LogP contribution in [0.25, 0.3) is 28.1 Å². The van der Waals surface area contributed by atoms with Gasteiger partial charge in [0.2, 0.25) is 5.91 Å². The lowest BCUT2D eigenvalue weighted by Crippen LogP contribution is -2.55. The molecule has 0 aromatic carbocycles. The van der Waals surface area contributed by atoms with Crippen LogP contribution in [0.4, 0.5) is 3.89 Å². The SMILES string of the molecule is Cc1ccc2c(-c3cnc4c(n3)c(C(=O)N[C@H](C)C(=O)N3CC(C#N)C3)cn4SF)ncn2c1. The van der Waals surface area contributed by atoms with E-state index in [1.54, 1.807) is 13.3 Å². The number of amides is 2. The van der Waals surface area contributed by atoms with Crippen molar-refractivity contribution in [3.8, 4) is 17.5 Å². The Hall–Kier alpha value is -3.98. The smallest absolute Gasteiger partial charge is 0.255 e. The van der Waals surface area contributed by atoms with E-state index < -0.39 is 11.9 Å². The van der Waals surface area contributed by atoms with E-state index in [0.717, 1.165) is 15.1 Å². The molecular formula is C22H19FN8O2S. The number of rotatable bonds is 5. The molecule has 5 heterocycles. The van der Waals surface area contributed by atoms with E-state index in [0.29, 0.717) is 24.5 Å². The number of pyridine rings is 1. The predicted octanol–water partition coefficient (Wildman–Crippen LogP) is 2.54. The summed E-state index contributed by atoms with van der Waals surface area (Å²) in [5.41, 5.74) is 3.36. The van der Waals surface area contributed by atoms with Crippen LogP contribution in [-0.4, -0.2) is 59.2 Å². The van der Waals surface area contributed by atoms with Gasteiger partial charge < -0.3 is 14.6 Å². The molecule has 1 saturated heterocycles. The van der Waals surface area contributed by atoms with Gasteiger partial charge in [0, 0.05) is 25.5 Å². The number of aryl methyl sites for hydroxylation is 1. The Bertz CT molecular complexity index is 1480. The molecule has 5 rings (SSSR count). The monoisotopic (exact) mass is 478 g/mol. The molecule has 34 heavy (non-hydrogen) atoms. The Morgan fingerprint density at radius 2 is 2.09 bits per heavy atom. The lowest BCUT2D eigenvalue weighted by atomic mass is 10.0. The highest BCUT2D eigenvalue weighted by Crippen LogP contribution is 2.28. The number of nitrogens with one attached hydrogen (secondary N) is 1. The van der Waals surface area contributed by atoms with Gasteiger partial charge in [-0.25, -0.2) is 18.9 Å². The van der Waals surface area contributed by atoms with Crippen LogP contribution in [0.3, 0.4) is 0 Å². The normalized spacial score (nSPS) is 14.7. The first-order valence-electron chi connectivity index (χ1n) is 10.5. The van der Waals surface area contributed by atoms with Crippen molar-refractivity contribution in [2.75, 3.05) is 13.1 Å². The number of carbonyl (C=O) groups excluding carboxylic acids is 2. The van der Waals surface area contributed by atoms with Crippen molar-refractivity contribution < 1.29 is 13.5 Å². The second-order valence-electron chi connectivity index (χ2n) is 8.22. The molecule has 0 saturated carbocycles. The minimum Gasteiger partial charge on any atom is -0.340 e. The zero-order chi connectivity index (χ0) is 24.0. The molecule has 0 aliphatic carbocycles. The first-order chi connectivity index (χ1) is 16.4. The van der Waals surface area contributed by atoms with Crippen molar-refractivity contribution in [3.05, 3.63) is 48.2 Å². The molecule has 1 N–H and O–H groups in total. The molecule has 4 aromatic heterocycles. The molecule has 12 heteroatoms. The van der Waals surface area contributed by atoms with Crippen molar-refractivity contribution in [1.82, 2.24) is 33.5 Å². The van der Waals surface area contributed by atoms with Crippen LogP contribution >= 0.6 is 12.3 Å². The van der Waals surface area contributed by atoms with Crippen LogP contribution in [0.1, 0.15) is 22.8 Å². The van der Waals surface area contributed by atoms with Gasteiger partial charge in [0.05, 0.1) is 29.3 Å². The molecule has 10 nitrogen and oxygen atoms in total. The summed E-state index contributed by atoms with van der Waals surface area (Å²) >= 11 is -0.102. The van der Waals surface area contributed by atoms with Crippen LogP contribution in [0.15, 0.2) is 37.1 Å². The van der Waals surface area contributed by atoms with Crippen LogP contribution in [-0.2, 0) is 4.79 Å². The summed E-state index contributed by atoms with van der Waals surface area (Å²) in [6.45, 7) is 4.24. The van der Waals surface area contributed by atoms with Crippen LogP contribution in [0.5, 0.6) is 0 Å². The second-order valence-corrected chi connectivity index (χ2v) is 8.75. The number of carbonyl (C=O) groups is 2. The van der Waals surface area contributed by atoms with Crippen molar-refractivity contribution >= 4 is 40.8 Å². The number of fused-ring (bicyclic) bond motifs is 2. The third-order valence-electron chi connectivity index (χ3n) is 5.80. The van der Waals surface area contributed by atoms with E-state index in [1.807, 2.05) is 29.7 Å². The average Bonchev–Trinajstić information content (AvgIpc) is 3.38. The van der Waals surface area contributed by atoms with E-state index in [4.69, 9.17) is 5.26 Å². The number of hydrogen-bond donors (Lipinski definition) is 1. The summed E-state index contributed by atoms with van der Waals surface area (Å²) in [4.78, 5) is 40.4. The van der Waals surface area contributed by atoms with Gasteiger partial charge in [0.15, 0.2) is 18.0 Å². The maximum Gasteiger partial charge on any atom is 0.255 e. The van der Waals surface area contributed by atoms with E-state index in [1.165, 1.54) is 17.3 Å². The topological polar surface area (TPSA) is 121 Å². The summed E-state index contributed by atoms with van der Waals surface area (Å²) in [7, 11) is 0. The third-order valence-corrected chi connectivity index (χ3v) is 6.22. The quantitative estimate of drug-likeness (QED) is 0.468. The number of nitrogens with zero attached hydrogens (tertiary/aromatic N) is 7. The van der Waals surface area contributed by atoms with E-state index in [9.17, 15) is 13.5 Å². The number of hydrogen-bond acceptors (Lipinski definition) is 7. The fourth-order valence-corrected chi connectivity index (χ4v) is 4.30. The highest BCUT2D eigenvalue weighted by atomic mass is 32.2. The zero-order valence-corrected chi connectivity index (χ0v) is 19.1. The molecule has 0 unspecified atom stereocenters. The second kappa shape index (κ2) is 8.42. The third kappa shape index (κ3) is 3.63. The number of imidazole rings is 1. The predicted molar refractivity (Wildman–Crippen MR) is 123 cm³/mol. The van der Waals surface area contributed by atoms with Crippen molar-refractivity contribution in [2.45, 2.75) is 19.9 Å². The Kier molecular flexibility index (Phi) is 5.41. The van der Waals surface area contributed by atoms with Gasteiger partial charge in [-0.15, -0.1) is 3.89 Å². The molecule has 0 radical (unpaired) electrons. The number of aromatic nitrogens is 5. The van der Waals surface area contributed by atoms with Crippen molar-refractivity contribution in [2.24, 2.45) is 5.92 Å². The first kappa shape index (κ1) is 21.8. The largest absolute Gasteiger partial charge is 0.340 e. The highest BCUT2D eigenvalue weighted by molar-refractivity contribution is 7.92. The Morgan fingerprint density at radius 3 is 2.82 bits per heavy atom. The molecule has 1 aliphatic heterocycles. The number of halogens is 1. The molecule has 0 spiro atoms. The number of likely N-dealkylation sites (tertiary alicyclic amines) is 1. The Morgan fingerprint density at radius 1 is 1.29 bits per heavy atom. The van der Waals surface area contributed by atoms with E-state index >= 15 is 0 Å². The zero-order valence-electron chi connectivity index (χ0n) is 18.3. The van der Waals surface area contributed by atoms with Gasteiger partial charge in [0.25, 0.3) is 5.91 Å². The minimum atomic E-state index is -0.819. The van der Waals surface area contributed by atoms with Crippen LogP contribution in [0.2, 0.25) is 0 Å². The first-order valence-corrected chi connectivity index (χ1v) is 11.2. The molecule has 1 aliphatic rings. The summed E-state index contributed by atoms with van der Waals surface area (Å²) < 4.78 is 16.5. The van der Waals surface area contributed by atoms with Crippen LogP contribution < -0.4 is 5.32 Å². The van der Waals surface area contributed by atoms with Gasteiger partial charge in [-0.2, -0.15) is 5.26 Å². The standard InChI is InChI=1S/C22H19FN8O2S/c1-12-3-4-17-19(26-11-30(17)7-12)16-6-25-20-18(28-16)15(10-31(20)34-23)21(32)27-13(2)22(33)29-8-14(5-24)9-29/h3-4,6-7,10-11,13-14H,8-9H2,1-2H3,(H,27,32)/t13-/m1/s1. The average molecular weight is 479 g/mol. The highest BCUT2D eigenvalue weighted by Gasteiger charge is 2.34. The van der Waals surface area contributed by atoms with Gasteiger partial charge in [-0.05, 0) is 25.5 Å². The molecule has 0 bridgehead atoms. The van der Waals surface area contributed by atoms with Gasteiger partial charge in [0.1, 0.15) is 29.3 Å². The molecule has 2 amide bonds. The lowest BCUT2D eigenvalue weighted by molar-refractivity contribution is -0.137. The van der Waals surface area contributed by atoms with Gasteiger partial charge >= 0.3 is 0 Å². The molecule has 1 atom stereocenters. The number of nitriles is 1. The minimum absolute atomic E-state index is 0.0898. The van der Waals surface area contributed by atoms with E-state index in [2.05, 4.69) is 26.3 Å². The summed E-state index contributed by atoms with van der Waals surface area (Å²) in [6, 6.07) is 5.16. The van der Waals surface area contributed by atoms with Crippen LogP contribution in [0, 0.1) is 24.2 Å². The maximum atomic E-state index is 13.5. The van der Waals surface area contributed by atoms with Gasteiger partial charge in [-0.3, -0.25) is 9.59 Å². The fourth-order valence-electron chi connectivity index (χ4n) is 3.96. The fraction of sp³-hybridized carbons (Fsp3) is 0.273. The molecule has 1 fully saturated rings. The lowest BCUT2D eigenvalue weighted by Gasteiger charge is -2.37. The Balaban J connectivity index is 1.46. The summed E-state index contributed by atoms with van der Waals surface area (Å²) in [6.07, 6.45) is 6.39. The maximum absolute atomic E-state index is 13.5. The van der Waals surface area contributed by atoms with Gasteiger partial charge in [-0.1, -0.05) is 6.07 Å². The summed E-state index contributed by atoms with van der Waals surface area (Å²) in [5, 5.41) is 11.5. The van der Waals surface area contributed by atoms with Crippen molar-refractivity contribution in [1.29, 1.82) is 5.26 Å². The summed E-state index contributed by atoms with van der Waals surface area (Å²) in [5.74, 6) is -1.04. The molecule has 4 aromatic rings. The van der Waals surface area contributed by atoms with E-state index in [-0.39, 0.29) is 40.9 Å². The Labute approximate surface area is 197 Å².